The lowest BCUT2D eigenvalue weighted by Crippen LogP contribution is -2.52. The smallest absolute Gasteiger partial charge is 0.243 e. The SMILES string of the molecule is Cc1cccc(N2CCN(C(=O)CN(c3cc(Cl)cc(Cl)c3)S(C)(=O)=O)CC2)c1C. The molecule has 1 fully saturated rings. The molecule has 1 aliphatic heterocycles. The maximum absolute atomic E-state index is 12.9. The number of aryl methyl sites for hydroxylation is 1. The molecule has 0 aliphatic carbocycles. The quantitative estimate of drug-likeness (QED) is 0.669. The predicted molar refractivity (Wildman–Crippen MR) is 123 cm³/mol. The topological polar surface area (TPSA) is 60.9 Å². The fourth-order valence-electron chi connectivity index (χ4n) is 3.58. The van der Waals surface area contributed by atoms with Crippen LogP contribution in [0.4, 0.5) is 11.4 Å². The summed E-state index contributed by atoms with van der Waals surface area (Å²) in [6, 6.07) is 10.7. The van der Waals surface area contributed by atoms with Crippen molar-refractivity contribution in [1.29, 1.82) is 0 Å². The van der Waals surface area contributed by atoms with Crippen LogP contribution in [0.2, 0.25) is 10.0 Å². The Morgan fingerprint density at radius 3 is 2.20 bits per heavy atom. The Balaban J connectivity index is 1.71. The Morgan fingerprint density at radius 2 is 1.63 bits per heavy atom. The van der Waals surface area contributed by atoms with Gasteiger partial charge in [0.15, 0.2) is 0 Å². The molecule has 0 atom stereocenters. The first-order chi connectivity index (χ1) is 14.1. The number of hydrogen-bond donors (Lipinski definition) is 0. The first-order valence-corrected chi connectivity index (χ1v) is 12.2. The molecule has 0 unspecified atom stereocenters. The van der Waals surface area contributed by atoms with Gasteiger partial charge in [0.05, 0.1) is 11.9 Å². The lowest BCUT2D eigenvalue weighted by molar-refractivity contribution is -0.129. The highest BCUT2D eigenvalue weighted by Crippen LogP contribution is 2.27. The molecular weight excluding hydrogens is 445 g/mol. The average Bonchev–Trinajstić information content (AvgIpc) is 2.66. The minimum absolute atomic E-state index is 0.253. The van der Waals surface area contributed by atoms with Crippen LogP contribution in [0.3, 0.4) is 0 Å². The molecule has 3 rings (SSSR count). The molecule has 2 aromatic rings. The number of sulfonamides is 1. The van der Waals surface area contributed by atoms with Crippen LogP contribution >= 0.6 is 23.2 Å². The van der Waals surface area contributed by atoms with E-state index >= 15 is 0 Å². The summed E-state index contributed by atoms with van der Waals surface area (Å²) >= 11 is 12.0. The van der Waals surface area contributed by atoms with Gasteiger partial charge in [-0.25, -0.2) is 8.42 Å². The number of halogens is 2. The Labute approximate surface area is 188 Å². The van der Waals surface area contributed by atoms with Crippen molar-refractivity contribution < 1.29 is 13.2 Å². The van der Waals surface area contributed by atoms with Crippen LogP contribution in [0.1, 0.15) is 11.1 Å². The highest BCUT2D eigenvalue weighted by molar-refractivity contribution is 7.92. The van der Waals surface area contributed by atoms with Crippen LogP contribution in [0.25, 0.3) is 0 Å². The van der Waals surface area contributed by atoms with Crippen LogP contribution < -0.4 is 9.21 Å². The minimum Gasteiger partial charge on any atom is -0.368 e. The standard InChI is InChI=1S/C21H25Cl2N3O3S/c1-15-5-4-6-20(16(15)2)24-7-9-25(10-8-24)21(27)14-26(30(3,28)29)19-12-17(22)11-18(23)13-19/h4-6,11-13H,7-10,14H2,1-3H3. The molecule has 1 amide bonds. The van der Waals surface area contributed by atoms with Crippen molar-refractivity contribution in [2.75, 3.05) is 48.2 Å². The molecule has 1 aliphatic rings. The molecule has 6 nitrogen and oxygen atoms in total. The van der Waals surface area contributed by atoms with Gasteiger partial charge >= 0.3 is 0 Å². The van der Waals surface area contributed by atoms with Gasteiger partial charge in [-0.15, -0.1) is 0 Å². The van der Waals surface area contributed by atoms with Crippen LogP contribution in [0, 0.1) is 13.8 Å². The van der Waals surface area contributed by atoms with Crippen molar-refractivity contribution in [3.63, 3.8) is 0 Å². The Hall–Kier alpha value is -1.96. The zero-order valence-electron chi connectivity index (χ0n) is 17.2. The van der Waals surface area contributed by atoms with E-state index in [0.29, 0.717) is 36.2 Å². The number of rotatable bonds is 5. The van der Waals surface area contributed by atoms with E-state index in [-0.39, 0.29) is 18.1 Å². The van der Waals surface area contributed by atoms with Gasteiger partial charge in [0.1, 0.15) is 6.54 Å². The first kappa shape index (κ1) is 22.7. The molecule has 1 saturated heterocycles. The minimum atomic E-state index is -3.69. The maximum atomic E-state index is 12.9. The third-order valence-electron chi connectivity index (χ3n) is 5.36. The first-order valence-electron chi connectivity index (χ1n) is 9.59. The molecule has 0 radical (unpaired) electrons. The molecule has 2 aromatic carbocycles. The van der Waals surface area contributed by atoms with E-state index in [1.54, 1.807) is 4.90 Å². The summed E-state index contributed by atoms with van der Waals surface area (Å²) < 4.78 is 25.7. The molecule has 9 heteroatoms. The number of benzene rings is 2. The number of carbonyl (C=O) groups is 1. The lowest BCUT2D eigenvalue weighted by Gasteiger charge is -2.37. The average molecular weight is 470 g/mol. The molecule has 0 spiro atoms. The number of piperazine rings is 1. The highest BCUT2D eigenvalue weighted by atomic mass is 35.5. The van der Waals surface area contributed by atoms with Crippen LogP contribution in [0.5, 0.6) is 0 Å². The van der Waals surface area contributed by atoms with Gasteiger partial charge in [-0.2, -0.15) is 0 Å². The van der Waals surface area contributed by atoms with Gasteiger partial charge in [-0.3, -0.25) is 9.10 Å². The summed E-state index contributed by atoms with van der Waals surface area (Å²) in [7, 11) is -3.69. The summed E-state index contributed by atoms with van der Waals surface area (Å²) in [4.78, 5) is 16.9. The number of anilines is 2. The van der Waals surface area contributed by atoms with E-state index in [1.165, 1.54) is 35.0 Å². The highest BCUT2D eigenvalue weighted by Gasteiger charge is 2.27. The van der Waals surface area contributed by atoms with Crippen molar-refractivity contribution in [3.8, 4) is 0 Å². The second-order valence-electron chi connectivity index (χ2n) is 7.48. The lowest BCUT2D eigenvalue weighted by atomic mass is 10.1. The zero-order chi connectivity index (χ0) is 22.1. The summed E-state index contributed by atoms with van der Waals surface area (Å²) in [5.41, 5.74) is 3.92. The van der Waals surface area contributed by atoms with Crippen LogP contribution in [0.15, 0.2) is 36.4 Å². The number of hydrogen-bond acceptors (Lipinski definition) is 4. The molecule has 0 aromatic heterocycles. The predicted octanol–water partition coefficient (Wildman–Crippen LogP) is 3.73. The van der Waals surface area contributed by atoms with Gasteiger partial charge in [0.25, 0.3) is 0 Å². The van der Waals surface area contributed by atoms with E-state index < -0.39 is 10.0 Å². The van der Waals surface area contributed by atoms with E-state index in [1.807, 2.05) is 6.07 Å². The largest absolute Gasteiger partial charge is 0.368 e. The van der Waals surface area contributed by atoms with E-state index in [2.05, 4.69) is 30.9 Å². The Bertz CT molecular complexity index is 1030. The fraction of sp³-hybridized carbons (Fsp3) is 0.381. The van der Waals surface area contributed by atoms with Gasteiger partial charge in [0, 0.05) is 41.9 Å². The van der Waals surface area contributed by atoms with Crippen LogP contribution in [-0.4, -0.2) is 58.2 Å². The number of carbonyl (C=O) groups excluding carboxylic acids is 1. The molecule has 0 N–H and O–H groups in total. The summed E-state index contributed by atoms with van der Waals surface area (Å²) in [6.07, 6.45) is 1.06. The van der Waals surface area contributed by atoms with Crippen molar-refractivity contribution in [2.45, 2.75) is 13.8 Å². The van der Waals surface area contributed by atoms with Crippen molar-refractivity contribution in [1.82, 2.24) is 4.90 Å². The van der Waals surface area contributed by atoms with Crippen molar-refractivity contribution in [2.24, 2.45) is 0 Å². The second kappa shape index (κ2) is 9.04. The number of amides is 1. The summed E-state index contributed by atoms with van der Waals surface area (Å²) in [5.74, 6) is -0.253. The van der Waals surface area contributed by atoms with Crippen molar-refractivity contribution >= 4 is 50.5 Å². The summed E-state index contributed by atoms with van der Waals surface area (Å²) in [6.45, 7) is 6.33. The van der Waals surface area contributed by atoms with Gasteiger partial charge < -0.3 is 9.80 Å². The van der Waals surface area contributed by atoms with E-state index in [4.69, 9.17) is 23.2 Å². The van der Waals surface area contributed by atoms with Crippen LogP contribution in [-0.2, 0) is 14.8 Å². The van der Waals surface area contributed by atoms with E-state index in [0.717, 1.165) is 10.6 Å². The third-order valence-corrected chi connectivity index (χ3v) is 6.94. The monoisotopic (exact) mass is 469 g/mol. The van der Waals surface area contributed by atoms with E-state index in [9.17, 15) is 13.2 Å². The molecule has 0 saturated carbocycles. The normalized spacial score (nSPS) is 14.7. The maximum Gasteiger partial charge on any atom is 0.243 e. The van der Waals surface area contributed by atoms with Gasteiger partial charge in [0.2, 0.25) is 15.9 Å². The Morgan fingerprint density at radius 1 is 1.03 bits per heavy atom. The molecule has 30 heavy (non-hydrogen) atoms. The van der Waals surface area contributed by atoms with Crippen molar-refractivity contribution in [3.05, 3.63) is 57.6 Å². The molecular formula is C21H25Cl2N3O3S. The fourth-order valence-corrected chi connectivity index (χ4v) is 4.93. The molecule has 162 valence electrons. The van der Waals surface area contributed by atoms with Gasteiger partial charge in [-0.05, 0) is 49.2 Å². The van der Waals surface area contributed by atoms with Gasteiger partial charge in [-0.1, -0.05) is 35.3 Å². The number of nitrogens with zero attached hydrogens (tertiary/aromatic N) is 3. The molecule has 1 heterocycles. The summed E-state index contributed by atoms with van der Waals surface area (Å²) in [5, 5.41) is 0.612. The Kier molecular flexibility index (Phi) is 6.84. The zero-order valence-corrected chi connectivity index (χ0v) is 19.6. The second-order valence-corrected chi connectivity index (χ2v) is 10.3. The molecule has 0 bridgehead atoms. The third kappa shape index (κ3) is 5.20.